The molecule has 0 saturated heterocycles. The van der Waals surface area contributed by atoms with Crippen LogP contribution in [0.5, 0.6) is 5.75 Å². The van der Waals surface area contributed by atoms with Gasteiger partial charge in [-0.25, -0.2) is 9.78 Å². The highest BCUT2D eigenvalue weighted by atomic mass is 28.3. The van der Waals surface area contributed by atoms with Crippen LogP contribution in [0.2, 0.25) is 25.7 Å². The van der Waals surface area contributed by atoms with E-state index in [4.69, 9.17) is 19.2 Å². The fraction of sp³-hybridized carbons (Fsp3) is 0.400. The number of ether oxygens (including phenoxy) is 3. The number of esters is 1. The maximum absolute atomic E-state index is 13.1. The predicted molar refractivity (Wildman–Crippen MR) is 158 cm³/mol. The standard InChI is InChI=1S/C30H36N4O6Si/c1-18-14-24(38-3)26(21-10-11-33(27(18)21)30(36)37)25(19(2)29(35)39-4)28-32-22-9-8-20(16-31)15-23(22)34(28)17-40-12-13-41(5,6)7/h8-11,14-15,19,25H,12-13,17H2,1-7H3,(H,36,37). The van der Waals surface area contributed by atoms with Crippen molar-refractivity contribution in [3.63, 3.8) is 0 Å². The maximum atomic E-state index is 13.1. The fourth-order valence-corrected chi connectivity index (χ4v) is 5.98. The van der Waals surface area contributed by atoms with Crippen molar-refractivity contribution in [3.05, 3.63) is 59.0 Å². The van der Waals surface area contributed by atoms with Gasteiger partial charge in [0.2, 0.25) is 0 Å². The third-order valence-corrected chi connectivity index (χ3v) is 9.08. The van der Waals surface area contributed by atoms with Crippen LogP contribution >= 0.6 is 0 Å². The Balaban J connectivity index is 2.02. The second-order valence-corrected chi connectivity index (χ2v) is 17.0. The second kappa shape index (κ2) is 11.8. The molecular formula is C30H36N4O6Si. The minimum atomic E-state index is -1.35. The van der Waals surface area contributed by atoms with Gasteiger partial charge in [0.05, 0.1) is 54.2 Å². The largest absolute Gasteiger partial charge is 0.496 e. The number of aromatic nitrogens is 3. The number of rotatable bonds is 10. The number of nitrogens with zero attached hydrogens (tertiary/aromatic N) is 4. The summed E-state index contributed by atoms with van der Waals surface area (Å²) >= 11 is 0. The lowest BCUT2D eigenvalue weighted by Crippen LogP contribution is -2.26. The first-order valence-electron chi connectivity index (χ1n) is 13.4. The Morgan fingerprint density at radius 1 is 1.17 bits per heavy atom. The lowest BCUT2D eigenvalue weighted by Gasteiger charge is -2.26. The van der Waals surface area contributed by atoms with Crippen LogP contribution in [0.4, 0.5) is 4.79 Å². The first kappa shape index (κ1) is 29.8. The van der Waals surface area contributed by atoms with Gasteiger partial charge in [0.15, 0.2) is 0 Å². The van der Waals surface area contributed by atoms with E-state index >= 15 is 0 Å². The maximum Gasteiger partial charge on any atom is 0.416 e. The quantitative estimate of drug-likeness (QED) is 0.139. The van der Waals surface area contributed by atoms with E-state index in [1.807, 2.05) is 11.5 Å². The van der Waals surface area contributed by atoms with Gasteiger partial charge in [0.25, 0.3) is 0 Å². The minimum Gasteiger partial charge on any atom is -0.496 e. The van der Waals surface area contributed by atoms with E-state index < -0.39 is 32.0 Å². The van der Waals surface area contributed by atoms with Crippen molar-refractivity contribution in [2.75, 3.05) is 20.8 Å². The van der Waals surface area contributed by atoms with Crippen molar-refractivity contribution in [3.8, 4) is 11.8 Å². The summed E-state index contributed by atoms with van der Waals surface area (Å²) in [6.45, 7) is 11.1. The zero-order chi connectivity index (χ0) is 30.1. The molecule has 0 amide bonds. The number of carbonyl (C=O) groups is 2. The summed E-state index contributed by atoms with van der Waals surface area (Å²) in [5, 5.41) is 20.1. The first-order valence-corrected chi connectivity index (χ1v) is 17.1. The number of carboxylic acid groups (broad SMARTS) is 1. The van der Waals surface area contributed by atoms with Gasteiger partial charge in [-0.15, -0.1) is 0 Å². The summed E-state index contributed by atoms with van der Waals surface area (Å²) in [7, 11) is 1.53. The molecule has 41 heavy (non-hydrogen) atoms. The van der Waals surface area contributed by atoms with Gasteiger partial charge in [-0.2, -0.15) is 5.26 Å². The number of hydrogen-bond donors (Lipinski definition) is 1. The van der Waals surface area contributed by atoms with Crippen LogP contribution in [-0.2, 0) is 21.0 Å². The molecule has 4 rings (SSSR count). The average molecular weight is 577 g/mol. The summed E-state index contributed by atoms with van der Waals surface area (Å²) in [5.74, 6) is -0.883. The van der Waals surface area contributed by atoms with E-state index in [2.05, 4.69) is 25.7 Å². The number of imidazole rings is 1. The topological polar surface area (TPSA) is 129 Å². The SMILES string of the molecule is COC(=O)C(C)C(c1c(OC)cc(C)c2c1ccn2C(=O)O)c1nc2ccc(C#N)cc2n1COCC[Si](C)(C)C. The molecule has 0 bridgehead atoms. The highest BCUT2D eigenvalue weighted by molar-refractivity contribution is 6.76. The van der Waals surface area contributed by atoms with Crippen LogP contribution in [0.3, 0.4) is 0 Å². The normalized spacial score (nSPS) is 13.2. The van der Waals surface area contributed by atoms with E-state index in [-0.39, 0.29) is 6.73 Å². The van der Waals surface area contributed by atoms with Crippen LogP contribution in [0.1, 0.15) is 35.4 Å². The molecule has 0 radical (unpaired) electrons. The number of aryl methyl sites for hydroxylation is 1. The van der Waals surface area contributed by atoms with Crippen molar-refractivity contribution in [1.82, 2.24) is 14.1 Å². The summed E-state index contributed by atoms with van der Waals surface area (Å²) in [6, 6.07) is 11.9. The second-order valence-electron chi connectivity index (χ2n) is 11.4. The molecule has 0 fully saturated rings. The van der Waals surface area contributed by atoms with Crippen LogP contribution in [0, 0.1) is 24.2 Å². The Kier molecular flexibility index (Phi) is 8.56. The lowest BCUT2D eigenvalue weighted by molar-refractivity contribution is -0.145. The number of nitriles is 1. The van der Waals surface area contributed by atoms with Crippen molar-refractivity contribution in [2.45, 2.75) is 52.2 Å². The molecular weight excluding hydrogens is 540 g/mol. The van der Waals surface area contributed by atoms with Crippen molar-refractivity contribution in [2.24, 2.45) is 5.92 Å². The van der Waals surface area contributed by atoms with Gasteiger partial charge in [-0.1, -0.05) is 26.6 Å². The van der Waals surface area contributed by atoms with Gasteiger partial charge in [-0.3, -0.25) is 9.36 Å². The molecule has 2 atom stereocenters. The van der Waals surface area contributed by atoms with E-state index in [1.54, 1.807) is 44.4 Å². The zero-order valence-electron chi connectivity index (χ0n) is 24.5. The van der Waals surface area contributed by atoms with Crippen LogP contribution in [0.15, 0.2) is 36.5 Å². The predicted octanol–water partition coefficient (Wildman–Crippen LogP) is 5.96. The molecule has 2 heterocycles. The van der Waals surface area contributed by atoms with Gasteiger partial charge in [-0.05, 0) is 48.9 Å². The van der Waals surface area contributed by atoms with Crippen molar-refractivity contribution < 1.29 is 28.9 Å². The molecule has 216 valence electrons. The van der Waals surface area contributed by atoms with E-state index in [0.29, 0.717) is 56.8 Å². The Labute approximate surface area is 240 Å². The monoisotopic (exact) mass is 576 g/mol. The highest BCUT2D eigenvalue weighted by Gasteiger charge is 2.36. The number of fused-ring (bicyclic) bond motifs is 2. The van der Waals surface area contributed by atoms with Crippen LogP contribution in [-0.4, -0.2) is 60.2 Å². The number of benzene rings is 2. The Bertz CT molecular complexity index is 1660. The van der Waals surface area contributed by atoms with Crippen molar-refractivity contribution in [1.29, 1.82) is 5.26 Å². The average Bonchev–Trinajstić information content (AvgIpc) is 3.53. The number of hydrogen-bond acceptors (Lipinski definition) is 7. The summed E-state index contributed by atoms with van der Waals surface area (Å²) in [5.41, 5.74) is 3.62. The summed E-state index contributed by atoms with van der Waals surface area (Å²) in [4.78, 5) is 30.2. The van der Waals surface area contributed by atoms with Gasteiger partial charge in [0.1, 0.15) is 18.3 Å². The molecule has 10 nitrogen and oxygen atoms in total. The molecule has 1 N–H and O–H groups in total. The highest BCUT2D eigenvalue weighted by Crippen LogP contribution is 2.44. The zero-order valence-corrected chi connectivity index (χ0v) is 25.5. The molecule has 0 spiro atoms. The third-order valence-electron chi connectivity index (χ3n) is 7.37. The van der Waals surface area contributed by atoms with E-state index in [9.17, 15) is 20.0 Å². The number of methoxy groups -OCH3 is 2. The smallest absolute Gasteiger partial charge is 0.416 e. The Hall–Kier alpha value is -4.14. The van der Waals surface area contributed by atoms with E-state index in [1.165, 1.54) is 13.3 Å². The van der Waals surface area contributed by atoms with Gasteiger partial charge >= 0.3 is 12.1 Å². The molecule has 0 aliphatic carbocycles. The third kappa shape index (κ3) is 5.85. The Morgan fingerprint density at radius 2 is 1.90 bits per heavy atom. The molecule has 11 heteroatoms. The van der Waals surface area contributed by atoms with Crippen molar-refractivity contribution >= 4 is 42.1 Å². The Morgan fingerprint density at radius 3 is 2.51 bits per heavy atom. The molecule has 0 aliphatic heterocycles. The first-order chi connectivity index (χ1) is 19.4. The fourth-order valence-electron chi connectivity index (χ4n) is 5.22. The molecule has 2 aromatic carbocycles. The van der Waals surface area contributed by atoms with E-state index in [0.717, 1.165) is 10.6 Å². The summed E-state index contributed by atoms with van der Waals surface area (Å²) < 4.78 is 20.3. The van der Waals surface area contributed by atoms with Crippen LogP contribution < -0.4 is 4.74 Å². The van der Waals surface area contributed by atoms with Gasteiger partial charge < -0.3 is 23.9 Å². The molecule has 0 saturated carbocycles. The minimum absolute atomic E-state index is 0.156. The number of carbonyl (C=O) groups excluding carboxylic acids is 1. The molecule has 2 unspecified atom stereocenters. The molecule has 4 aromatic rings. The summed E-state index contributed by atoms with van der Waals surface area (Å²) in [6.07, 6.45) is 0.369. The van der Waals surface area contributed by atoms with Crippen LogP contribution in [0.25, 0.3) is 21.9 Å². The lowest BCUT2D eigenvalue weighted by atomic mass is 9.83. The van der Waals surface area contributed by atoms with Gasteiger partial charge in [0, 0.05) is 31.8 Å². The molecule has 0 aliphatic rings. The molecule has 2 aromatic heterocycles.